The Balaban J connectivity index is 1.88. The topological polar surface area (TPSA) is 64.3 Å². The highest BCUT2D eigenvalue weighted by Gasteiger charge is 2.22. The van der Waals surface area contributed by atoms with E-state index < -0.39 is 0 Å². The largest absolute Gasteiger partial charge is 0.497 e. The van der Waals surface area contributed by atoms with Gasteiger partial charge < -0.3 is 10.1 Å². The molecule has 1 saturated carbocycles. The summed E-state index contributed by atoms with van der Waals surface area (Å²) < 4.78 is 7.18. The van der Waals surface area contributed by atoms with Crippen LogP contribution in [0.4, 0.5) is 5.95 Å². The minimum Gasteiger partial charge on any atom is -0.497 e. The molecule has 0 saturated heterocycles. The predicted octanol–water partition coefficient (Wildman–Crippen LogP) is 3.69. The van der Waals surface area contributed by atoms with E-state index in [1.165, 1.54) is 19.3 Å². The van der Waals surface area contributed by atoms with Crippen LogP contribution in [-0.4, -0.2) is 32.7 Å². The molecule has 0 unspecified atom stereocenters. The molecule has 130 valence electrons. The zero-order chi connectivity index (χ0) is 17.6. The highest BCUT2D eigenvalue weighted by Crippen LogP contribution is 2.33. The number of hydrogen-bond acceptors (Lipinski definition) is 5. The van der Waals surface area contributed by atoms with Crippen molar-refractivity contribution in [1.29, 1.82) is 0 Å². The van der Waals surface area contributed by atoms with Gasteiger partial charge in [-0.25, -0.2) is 4.98 Å². The lowest BCUT2D eigenvalue weighted by molar-refractivity contribution is 0.414. The molecule has 0 radical (unpaired) electrons. The molecule has 6 heteroatoms. The molecule has 0 bridgehead atoms. The number of aromatic nitrogens is 4. The number of benzene rings is 1. The zero-order valence-electron chi connectivity index (χ0n) is 15.1. The van der Waals surface area contributed by atoms with Crippen LogP contribution in [0, 0.1) is 20.8 Å². The molecular weight excluding hydrogens is 314 g/mol. The molecule has 1 aliphatic rings. The van der Waals surface area contributed by atoms with Crippen molar-refractivity contribution in [2.75, 3.05) is 12.4 Å². The molecule has 2 heterocycles. The normalized spacial score (nSPS) is 14.6. The van der Waals surface area contributed by atoms with Crippen LogP contribution < -0.4 is 10.1 Å². The highest BCUT2D eigenvalue weighted by molar-refractivity contribution is 5.82. The maximum atomic E-state index is 5.33. The first-order valence-electron chi connectivity index (χ1n) is 8.72. The fourth-order valence-corrected chi connectivity index (χ4v) is 3.33. The second-order valence-corrected chi connectivity index (χ2v) is 6.74. The van der Waals surface area contributed by atoms with E-state index in [9.17, 15) is 0 Å². The van der Waals surface area contributed by atoms with Crippen LogP contribution in [0.15, 0.2) is 18.2 Å². The van der Waals surface area contributed by atoms with Gasteiger partial charge in [0.2, 0.25) is 5.95 Å². The van der Waals surface area contributed by atoms with Crippen LogP contribution in [-0.2, 0) is 0 Å². The maximum absolute atomic E-state index is 5.33. The SMILES string of the molecule is COc1ccc(-c2c(C)nn3c(NC4CCC4)nc(C)nc23)c(C)c1. The quantitative estimate of drug-likeness (QED) is 0.786. The van der Waals surface area contributed by atoms with E-state index in [4.69, 9.17) is 9.84 Å². The van der Waals surface area contributed by atoms with Crippen LogP contribution >= 0.6 is 0 Å². The average Bonchev–Trinajstić information content (AvgIpc) is 2.86. The number of fused-ring (bicyclic) bond motifs is 1. The van der Waals surface area contributed by atoms with Crippen LogP contribution in [0.2, 0.25) is 0 Å². The smallest absolute Gasteiger partial charge is 0.227 e. The number of aryl methyl sites for hydroxylation is 3. The molecule has 1 fully saturated rings. The van der Waals surface area contributed by atoms with Crippen LogP contribution in [0.1, 0.15) is 36.3 Å². The molecule has 1 aromatic carbocycles. The summed E-state index contributed by atoms with van der Waals surface area (Å²) in [6, 6.07) is 6.59. The third-order valence-electron chi connectivity index (χ3n) is 4.91. The Morgan fingerprint density at radius 3 is 2.60 bits per heavy atom. The first-order valence-corrected chi connectivity index (χ1v) is 8.72. The third kappa shape index (κ3) is 2.71. The van der Waals surface area contributed by atoms with E-state index in [0.29, 0.717) is 6.04 Å². The van der Waals surface area contributed by atoms with Gasteiger partial charge in [-0.2, -0.15) is 14.6 Å². The number of rotatable bonds is 4. The third-order valence-corrected chi connectivity index (χ3v) is 4.91. The van der Waals surface area contributed by atoms with Gasteiger partial charge in [0.05, 0.1) is 12.8 Å². The molecule has 0 aliphatic heterocycles. The molecule has 3 aromatic rings. The molecule has 6 nitrogen and oxygen atoms in total. The van der Waals surface area contributed by atoms with Crippen molar-refractivity contribution in [3.63, 3.8) is 0 Å². The minimum absolute atomic E-state index is 0.494. The van der Waals surface area contributed by atoms with Crippen molar-refractivity contribution in [3.05, 3.63) is 35.3 Å². The lowest BCUT2D eigenvalue weighted by Crippen LogP contribution is -2.29. The molecular formula is C19H23N5O. The lowest BCUT2D eigenvalue weighted by Gasteiger charge is -2.26. The average molecular weight is 337 g/mol. The van der Waals surface area contributed by atoms with E-state index in [0.717, 1.165) is 45.6 Å². The molecule has 0 spiro atoms. The van der Waals surface area contributed by atoms with E-state index in [-0.39, 0.29) is 0 Å². The van der Waals surface area contributed by atoms with E-state index >= 15 is 0 Å². The summed E-state index contributed by atoms with van der Waals surface area (Å²) in [6.07, 6.45) is 3.66. The van der Waals surface area contributed by atoms with Gasteiger partial charge in [0.1, 0.15) is 11.6 Å². The molecule has 0 amide bonds. The Bertz CT molecular complexity index is 943. The van der Waals surface area contributed by atoms with Crippen LogP contribution in [0.5, 0.6) is 5.75 Å². The minimum atomic E-state index is 0.494. The van der Waals surface area contributed by atoms with Gasteiger partial charge in [0.25, 0.3) is 0 Å². The number of anilines is 1. The summed E-state index contributed by atoms with van der Waals surface area (Å²) >= 11 is 0. The Hall–Kier alpha value is -2.63. The first kappa shape index (κ1) is 15.9. The van der Waals surface area contributed by atoms with Crippen LogP contribution in [0.3, 0.4) is 0 Å². The number of methoxy groups -OCH3 is 1. The summed E-state index contributed by atoms with van der Waals surface area (Å²) in [7, 11) is 1.68. The molecule has 25 heavy (non-hydrogen) atoms. The Labute approximate surface area is 147 Å². The predicted molar refractivity (Wildman–Crippen MR) is 98.2 cm³/mol. The maximum Gasteiger partial charge on any atom is 0.227 e. The molecule has 0 atom stereocenters. The van der Waals surface area contributed by atoms with Crippen molar-refractivity contribution >= 4 is 11.6 Å². The Morgan fingerprint density at radius 2 is 1.96 bits per heavy atom. The first-order chi connectivity index (χ1) is 12.1. The van der Waals surface area contributed by atoms with Gasteiger partial charge in [-0.15, -0.1) is 0 Å². The van der Waals surface area contributed by atoms with E-state index in [1.807, 2.05) is 30.5 Å². The number of nitrogens with one attached hydrogen (secondary N) is 1. The van der Waals surface area contributed by atoms with Gasteiger partial charge >= 0.3 is 0 Å². The molecule has 1 N–H and O–H groups in total. The van der Waals surface area contributed by atoms with Crippen molar-refractivity contribution in [1.82, 2.24) is 19.6 Å². The summed E-state index contributed by atoms with van der Waals surface area (Å²) in [6.45, 7) is 6.04. The van der Waals surface area contributed by atoms with Crippen molar-refractivity contribution < 1.29 is 4.74 Å². The van der Waals surface area contributed by atoms with Gasteiger partial charge in [0.15, 0.2) is 5.65 Å². The van der Waals surface area contributed by atoms with E-state index in [1.54, 1.807) is 7.11 Å². The standard InChI is InChI=1S/C19H23N5O/c1-11-10-15(25-4)8-9-16(11)17-12(2)23-24-18(17)20-13(3)21-19(24)22-14-6-5-7-14/h8-10,14H,5-7H2,1-4H3,(H,20,21,22). The van der Waals surface area contributed by atoms with Gasteiger partial charge in [0, 0.05) is 11.6 Å². The highest BCUT2D eigenvalue weighted by atomic mass is 16.5. The molecule has 4 rings (SSSR count). The summed E-state index contributed by atoms with van der Waals surface area (Å²) in [4.78, 5) is 9.27. The molecule has 2 aromatic heterocycles. The lowest BCUT2D eigenvalue weighted by atomic mass is 9.93. The number of ether oxygens (including phenoxy) is 1. The van der Waals surface area contributed by atoms with Crippen molar-refractivity contribution in [2.45, 2.75) is 46.1 Å². The zero-order valence-corrected chi connectivity index (χ0v) is 15.1. The second kappa shape index (κ2) is 6.02. The fourth-order valence-electron chi connectivity index (χ4n) is 3.33. The fraction of sp³-hybridized carbons (Fsp3) is 0.421. The Kier molecular flexibility index (Phi) is 3.82. The van der Waals surface area contributed by atoms with Gasteiger partial charge in [-0.05, 0) is 63.3 Å². The van der Waals surface area contributed by atoms with Gasteiger partial charge in [-0.3, -0.25) is 0 Å². The summed E-state index contributed by atoms with van der Waals surface area (Å²) in [5.41, 5.74) is 5.12. The number of hydrogen-bond donors (Lipinski definition) is 1. The monoisotopic (exact) mass is 337 g/mol. The second-order valence-electron chi connectivity index (χ2n) is 6.74. The molecule has 1 aliphatic carbocycles. The van der Waals surface area contributed by atoms with Gasteiger partial charge in [-0.1, -0.05) is 6.07 Å². The summed E-state index contributed by atoms with van der Waals surface area (Å²) in [5.74, 6) is 2.39. The van der Waals surface area contributed by atoms with Crippen molar-refractivity contribution in [2.24, 2.45) is 0 Å². The van der Waals surface area contributed by atoms with E-state index in [2.05, 4.69) is 28.3 Å². The number of nitrogens with zero attached hydrogens (tertiary/aromatic N) is 4. The van der Waals surface area contributed by atoms with Crippen molar-refractivity contribution in [3.8, 4) is 16.9 Å². The summed E-state index contributed by atoms with van der Waals surface area (Å²) in [5, 5.41) is 8.24. The Morgan fingerprint density at radius 1 is 1.16 bits per heavy atom. The van der Waals surface area contributed by atoms with Crippen LogP contribution in [0.25, 0.3) is 16.8 Å².